The van der Waals surface area contributed by atoms with Crippen molar-refractivity contribution in [2.75, 3.05) is 0 Å². The van der Waals surface area contributed by atoms with Crippen LogP contribution in [0.2, 0.25) is 0 Å². The van der Waals surface area contributed by atoms with E-state index in [0.717, 1.165) is 6.42 Å². The van der Waals surface area contributed by atoms with Crippen LogP contribution < -0.4 is 0 Å². The predicted octanol–water partition coefficient (Wildman–Crippen LogP) is 1.88. The van der Waals surface area contributed by atoms with Crippen molar-refractivity contribution in [3.8, 4) is 0 Å². The summed E-state index contributed by atoms with van der Waals surface area (Å²) < 4.78 is 0. The second kappa shape index (κ2) is 3.85. The van der Waals surface area contributed by atoms with E-state index in [-0.39, 0.29) is 0 Å². The molecule has 0 bridgehead atoms. The van der Waals surface area contributed by atoms with E-state index >= 15 is 0 Å². The van der Waals surface area contributed by atoms with Gasteiger partial charge in [0.25, 0.3) is 0 Å². The summed E-state index contributed by atoms with van der Waals surface area (Å²) in [6.07, 6.45) is 3.00. The van der Waals surface area contributed by atoms with Crippen LogP contribution >= 0.6 is 0 Å². The Labute approximate surface area is 45.5 Å². The Bertz CT molecular complexity index is 55.2. The first-order valence-electron chi connectivity index (χ1n) is 2.79. The van der Waals surface area contributed by atoms with Crippen LogP contribution in [-0.2, 0) is 0 Å². The summed E-state index contributed by atoms with van der Waals surface area (Å²) in [6, 6.07) is 0.472. The van der Waals surface area contributed by atoms with Crippen molar-refractivity contribution >= 4 is 6.21 Å². The van der Waals surface area contributed by atoms with Gasteiger partial charge in [0.05, 0.1) is 0 Å². The third-order valence-corrected chi connectivity index (χ3v) is 0.586. The van der Waals surface area contributed by atoms with Gasteiger partial charge in [-0.2, -0.15) is 0 Å². The minimum Gasteiger partial charge on any atom is -0.295 e. The van der Waals surface area contributed by atoms with E-state index in [1.54, 1.807) is 0 Å². The van der Waals surface area contributed by atoms with E-state index < -0.39 is 0 Å². The number of rotatable bonds is 2. The highest BCUT2D eigenvalue weighted by Crippen LogP contribution is 1.82. The normalized spacial score (nSPS) is 11.4. The average Bonchev–Trinajstić information content (AvgIpc) is 1.61. The molecule has 1 heteroatoms. The zero-order chi connectivity index (χ0) is 5.70. The van der Waals surface area contributed by atoms with Crippen LogP contribution in [0.15, 0.2) is 4.99 Å². The van der Waals surface area contributed by atoms with Crippen LogP contribution in [0, 0.1) is 0 Å². The van der Waals surface area contributed by atoms with Crippen molar-refractivity contribution in [3.05, 3.63) is 0 Å². The van der Waals surface area contributed by atoms with Gasteiger partial charge in [0.2, 0.25) is 0 Å². The van der Waals surface area contributed by atoms with E-state index in [1.807, 2.05) is 6.21 Å². The van der Waals surface area contributed by atoms with Crippen LogP contribution in [0.5, 0.6) is 0 Å². The van der Waals surface area contributed by atoms with Crippen LogP contribution in [-0.4, -0.2) is 12.3 Å². The van der Waals surface area contributed by atoms with Gasteiger partial charge in [-0.3, -0.25) is 4.99 Å². The van der Waals surface area contributed by atoms with Gasteiger partial charge < -0.3 is 0 Å². The summed E-state index contributed by atoms with van der Waals surface area (Å²) in [5.41, 5.74) is 0. The SMILES string of the molecule is CCC=NC(C)C. The Morgan fingerprint density at radius 2 is 2.14 bits per heavy atom. The molecule has 0 N–H and O–H groups in total. The molecule has 0 unspecified atom stereocenters. The first-order valence-corrected chi connectivity index (χ1v) is 2.79. The molecule has 42 valence electrons. The number of nitrogens with zero attached hydrogens (tertiary/aromatic N) is 1. The maximum Gasteiger partial charge on any atom is 0.0439 e. The number of hydrogen-bond acceptors (Lipinski definition) is 1. The Kier molecular flexibility index (Phi) is 3.67. The summed E-state index contributed by atoms with van der Waals surface area (Å²) in [7, 11) is 0. The summed E-state index contributed by atoms with van der Waals surface area (Å²) in [5.74, 6) is 0. The molecular weight excluding hydrogens is 86.1 g/mol. The molecule has 0 aliphatic carbocycles. The molecule has 0 saturated carbocycles. The minimum absolute atomic E-state index is 0.472. The predicted molar refractivity (Wildman–Crippen MR) is 33.9 cm³/mol. The Morgan fingerprint density at radius 3 is 2.29 bits per heavy atom. The van der Waals surface area contributed by atoms with E-state index in [4.69, 9.17) is 0 Å². The molecule has 7 heavy (non-hydrogen) atoms. The van der Waals surface area contributed by atoms with Crippen molar-refractivity contribution in [2.24, 2.45) is 4.99 Å². The number of aliphatic imine (C=N–C) groups is 1. The van der Waals surface area contributed by atoms with E-state index in [9.17, 15) is 0 Å². The molecule has 0 saturated heterocycles. The first kappa shape index (κ1) is 6.67. The highest BCUT2D eigenvalue weighted by molar-refractivity contribution is 5.56. The molecule has 0 spiro atoms. The summed E-state index contributed by atoms with van der Waals surface area (Å²) in [6.45, 7) is 6.24. The summed E-state index contributed by atoms with van der Waals surface area (Å²) in [4.78, 5) is 4.12. The van der Waals surface area contributed by atoms with Crippen molar-refractivity contribution in [1.29, 1.82) is 0 Å². The second-order valence-electron chi connectivity index (χ2n) is 1.83. The van der Waals surface area contributed by atoms with Crippen LogP contribution in [0.3, 0.4) is 0 Å². The third-order valence-electron chi connectivity index (χ3n) is 0.586. The lowest BCUT2D eigenvalue weighted by atomic mass is 10.4. The first-order chi connectivity index (χ1) is 3.27. The summed E-state index contributed by atoms with van der Waals surface area (Å²) in [5, 5.41) is 0. The Morgan fingerprint density at radius 1 is 1.57 bits per heavy atom. The second-order valence-corrected chi connectivity index (χ2v) is 1.83. The smallest absolute Gasteiger partial charge is 0.0439 e. The minimum atomic E-state index is 0.472. The number of hydrogen-bond donors (Lipinski definition) is 0. The van der Waals surface area contributed by atoms with Crippen molar-refractivity contribution in [3.63, 3.8) is 0 Å². The monoisotopic (exact) mass is 99.1 g/mol. The third kappa shape index (κ3) is 5.67. The topological polar surface area (TPSA) is 12.4 Å². The van der Waals surface area contributed by atoms with Gasteiger partial charge in [0, 0.05) is 6.04 Å². The van der Waals surface area contributed by atoms with E-state index in [2.05, 4.69) is 25.8 Å². The maximum absolute atomic E-state index is 4.12. The standard InChI is InChI=1S/C6H13N/c1-4-5-7-6(2)3/h5-6H,4H2,1-3H3. The molecule has 0 radical (unpaired) electrons. The molecule has 0 fully saturated rings. The molecule has 0 rings (SSSR count). The molecular formula is C6H13N. The van der Waals surface area contributed by atoms with Gasteiger partial charge >= 0.3 is 0 Å². The van der Waals surface area contributed by atoms with Gasteiger partial charge in [-0.05, 0) is 26.5 Å². The van der Waals surface area contributed by atoms with Crippen molar-refractivity contribution in [1.82, 2.24) is 0 Å². The fraction of sp³-hybridized carbons (Fsp3) is 0.833. The molecule has 0 aliphatic heterocycles. The van der Waals surface area contributed by atoms with Crippen molar-refractivity contribution < 1.29 is 0 Å². The Balaban J connectivity index is 3.08. The molecule has 0 amide bonds. The lowest BCUT2D eigenvalue weighted by molar-refractivity contribution is 0.837. The van der Waals surface area contributed by atoms with Gasteiger partial charge in [0.1, 0.15) is 0 Å². The molecule has 1 nitrogen and oxygen atoms in total. The lowest BCUT2D eigenvalue weighted by Gasteiger charge is -1.89. The quantitative estimate of drug-likeness (QED) is 0.469. The average molecular weight is 99.2 g/mol. The molecule has 0 aromatic heterocycles. The lowest BCUT2D eigenvalue weighted by Crippen LogP contribution is -1.86. The van der Waals surface area contributed by atoms with Gasteiger partial charge in [-0.1, -0.05) is 6.92 Å². The Hall–Kier alpha value is -0.330. The fourth-order valence-electron chi connectivity index (χ4n) is 0.316. The highest BCUT2D eigenvalue weighted by Gasteiger charge is 1.78. The van der Waals surface area contributed by atoms with Gasteiger partial charge in [0.15, 0.2) is 0 Å². The maximum atomic E-state index is 4.12. The largest absolute Gasteiger partial charge is 0.295 e. The fourth-order valence-corrected chi connectivity index (χ4v) is 0.316. The zero-order valence-electron chi connectivity index (χ0n) is 5.31. The van der Waals surface area contributed by atoms with Crippen LogP contribution in [0.4, 0.5) is 0 Å². The molecule has 0 aliphatic rings. The molecule has 0 aromatic carbocycles. The zero-order valence-corrected chi connectivity index (χ0v) is 5.31. The highest BCUT2D eigenvalue weighted by atomic mass is 14.7. The van der Waals surface area contributed by atoms with Crippen LogP contribution in [0.25, 0.3) is 0 Å². The molecule has 0 heterocycles. The van der Waals surface area contributed by atoms with Crippen molar-refractivity contribution in [2.45, 2.75) is 33.2 Å². The molecule has 0 atom stereocenters. The van der Waals surface area contributed by atoms with Crippen LogP contribution in [0.1, 0.15) is 27.2 Å². The van der Waals surface area contributed by atoms with Gasteiger partial charge in [-0.15, -0.1) is 0 Å². The molecule has 0 aromatic rings. The van der Waals surface area contributed by atoms with Gasteiger partial charge in [-0.25, -0.2) is 0 Å². The summed E-state index contributed by atoms with van der Waals surface area (Å²) >= 11 is 0. The van der Waals surface area contributed by atoms with E-state index in [1.165, 1.54) is 0 Å². The van der Waals surface area contributed by atoms with E-state index in [0.29, 0.717) is 6.04 Å².